The molecule has 1 N–H and O–H groups in total. The Hall–Kier alpha value is -2.94. The molecule has 3 nitrogen and oxygen atoms in total. The maximum atomic E-state index is 12.6. The lowest BCUT2D eigenvalue weighted by Gasteiger charge is -2.15. The average molecular weight is 330 g/mol. The minimum atomic E-state index is -0.115. The molecule has 0 aliphatic heterocycles. The molecule has 0 aliphatic rings. The zero-order valence-corrected chi connectivity index (χ0v) is 14.8. The Bertz CT molecular complexity index is 888. The lowest BCUT2D eigenvalue weighted by molar-refractivity contribution is 0.0939. The molecule has 1 aromatic heterocycles. The van der Waals surface area contributed by atoms with Gasteiger partial charge in [-0.1, -0.05) is 54.1 Å². The molecule has 2 aromatic carbocycles. The summed E-state index contributed by atoms with van der Waals surface area (Å²) in [6.45, 7) is 6.11. The molecule has 0 saturated carbocycles. The zero-order valence-electron chi connectivity index (χ0n) is 14.8. The number of amides is 1. The number of benzene rings is 2. The average Bonchev–Trinajstić information content (AvgIpc) is 2.64. The molecule has 0 fully saturated rings. The topological polar surface area (TPSA) is 42.0 Å². The van der Waals surface area contributed by atoms with Crippen LogP contribution in [0.1, 0.15) is 40.0 Å². The summed E-state index contributed by atoms with van der Waals surface area (Å²) < 4.78 is 0. The molecule has 3 aromatic rings. The highest BCUT2D eigenvalue weighted by Gasteiger charge is 2.13. The molecule has 25 heavy (non-hydrogen) atoms. The van der Waals surface area contributed by atoms with Gasteiger partial charge in [-0.2, -0.15) is 0 Å². The number of carbonyl (C=O) groups is 1. The predicted molar refractivity (Wildman–Crippen MR) is 101 cm³/mol. The molecule has 3 rings (SSSR count). The first-order chi connectivity index (χ1) is 12.0. The van der Waals surface area contributed by atoms with Crippen molar-refractivity contribution in [1.29, 1.82) is 0 Å². The van der Waals surface area contributed by atoms with Crippen molar-refractivity contribution in [2.45, 2.75) is 26.8 Å². The molecule has 1 heterocycles. The fourth-order valence-electron chi connectivity index (χ4n) is 2.86. The van der Waals surface area contributed by atoms with Gasteiger partial charge in [-0.25, -0.2) is 0 Å². The fraction of sp³-hybridized carbons (Fsp3) is 0.182. The summed E-state index contributed by atoms with van der Waals surface area (Å²) in [7, 11) is 0. The number of nitrogens with one attached hydrogen (secondary N) is 1. The Morgan fingerprint density at radius 3 is 2.52 bits per heavy atom. The van der Waals surface area contributed by atoms with Crippen LogP contribution in [0, 0.1) is 13.8 Å². The number of hydrogen-bond acceptors (Lipinski definition) is 2. The van der Waals surface area contributed by atoms with Crippen LogP contribution in [-0.2, 0) is 0 Å². The zero-order chi connectivity index (χ0) is 17.8. The van der Waals surface area contributed by atoms with Gasteiger partial charge in [-0.3, -0.25) is 9.78 Å². The molecule has 0 aliphatic carbocycles. The molecule has 1 unspecified atom stereocenters. The van der Waals surface area contributed by atoms with E-state index >= 15 is 0 Å². The first kappa shape index (κ1) is 16.9. The predicted octanol–water partition coefficient (Wildman–Crippen LogP) is 4.86. The third kappa shape index (κ3) is 3.94. The van der Waals surface area contributed by atoms with Crippen LogP contribution in [0.5, 0.6) is 0 Å². The molecule has 1 atom stereocenters. The summed E-state index contributed by atoms with van der Waals surface area (Å²) in [5.74, 6) is -0.115. The smallest absolute Gasteiger partial charge is 0.253 e. The molecule has 0 spiro atoms. The van der Waals surface area contributed by atoms with E-state index in [0.29, 0.717) is 5.56 Å². The standard InChI is InChI=1S/C22H22N2O/c1-15-9-10-16(2)21(11-15)19-12-20(14-23-13-19)22(25)24-17(3)18-7-5-4-6-8-18/h4-14,17H,1-3H3,(H,24,25). The molecular weight excluding hydrogens is 308 g/mol. The van der Waals surface area contributed by atoms with Crippen LogP contribution < -0.4 is 5.32 Å². The molecule has 0 bridgehead atoms. The third-order valence-corrected chi connectivity index (χ3v) is 4.35. The van der Waals surface area contributed by atoms with Gasteiger partial charge in [0.1, 0.15) is 0 Å². The van der Waals surface area contributed by atoms with Crippen molar-refractivity contribution in [3.63, 3.8) is 0 Å². The van der Waals surface area contributed by atoms with E-state index in [2.05, 4.69) is 42.3 Å². The van der Waals surface area contributed by atoms with E-state index in [-0.39, 0.29) is 11.9 Å². The number of nitrogens with zero attached hydrogens (tertiary/aromatic N) is 1. The van der Waals surface area contributed by atoms with Crippen LogP contribution in [0.3, 0.4) is 0 Å². The maximum Gasteiger partial charge on any atom is 0.253 e. The van der Waals surface area contributed by atoms with Gasteiger partial charge in [-0.05, 0) is 43.5 Å². The number of carbonyl (C=O) groups excluding carboxylic acids is 1. The highest BCUT2D eigenvalue weighted by atomic mass is 16.1. The van der Waals surface area contributed by atoms with Crippen molar-refractivity contribution < 1.29 is 4.79 Å². The molecule has 1 amide bonds. The van der Waals surface area contributed by atoms with E-state index in [9.17, 15) is 4.79 Å². The second kappa shape index (κ2) is 7.31. The van der Waals surface area contributed by atoms with E-state index in [1.165, 1.54) is 11.1 Å². The number of pyridine rings is 1. The normalized spacial score (nSPS) is 11.8. The molecule has 0 radical (unpaired) electrons. The van der Waals surface area contributed by atoms with Crippen LogP contribution in [0.4, 0.5) is 0 Å². The van der Waals surface area contributed by atoms with Crippen molar-refractivity contribution in [1.82, 2.24) is 10.3 Å². The molecular formula is C22H22N2O. The number of rotatable bonds is 4. The fourth-order valence-corrected chi connectivity index (χ4v) is 2.86. The molecule has 126 valence electrons. The van der Waals surface area contributed by atoms with Crippen LogP contribution in [-0.4, -0.2) is 10.9 Å². The molecule has 0 saturated heterocycles. The Labute approximate surface area is 148 Å². The lowest BCUT2D eigenvalue weighted by atomic mass is 9.98. The second-order valence-corrected chi connectivity index (χ2v) is 6.39. The van der Waals surface area contributed by atoms with E-state index in [0.717, 1.165) is 16.7 Å². The second-order valence-electron chi connectivity index (χ2n) is 6.39. The third-order valence-electron chi connectivity index (χ3n) is 4.35. The number of hydrogen-bond donors (Lipinski definition) is 1. The van der Waals surface area contributed by atoms with Gasteiger partial charge in [0.05, 0.1) is 11.6 Å². The minimum absolute atomic E-state index is 0.0574. The van der Waals surface area contributed by atoms with Gasteiger partial charge in [0.15, 0.2) is 0 Å². The largest absolute Gasteiger partial charge is 0.345 e. The van der Waals surface area contributed by atoms with Gasteiger partial charge in [-0.15, -0.1) is 0 Å². The maximum absolute atomic E-state index is 12.6. The summed E-state index contributed by atoms with van der Waals surface area (Å²) in [6.07, 6.45) is 3.42. The summed E-state index contributed by atoms with van der Waals surface area (Å²) in [6, 6.07) is 18.1. The van der Waals surface area contributed by atoms with Gasteiger partial charge < -0.3 is 5.32 Å². The van der Waals surface area contributed by atoms with Crippen molar-refractivity contribution in [2.24, 2.45) is 0 Å². The highest BCUT2D eigenvalue weighted by Crippen LogP contribution is 2.25. The number of aryl methyl sites for hydroxylation is 2. The molecule has 3 heteroatoms. The van der Waals surface area contributed by atoms with E-state index in [1.807, 2.05) is 43.3 Å². The Morgan fingerprint density at radius 2 is 1.76 bits per heavy atom. The van der Waals surface area contributed by atoms with Crippen LogP contribution >= 0.6 is 0 Å². The Balaban J connectivity index is 1.84. The van der Waals surface area contributed by atoms with E-state index < -0.39 is 0 Å². The van der Waals surface area contributed by atoms with Crippen LogP contribution in [0.2, 0.25) is 0 Å². The van der Waals surface area contributed by atoms with Gasteiger partial charge in [0.2, 0.25) is 0 Å². The first-order valence-electron chi connectivity index (χ1n) is 8.43. The van der Waals surface area contributed by atoms with Crippen molar-refractivity contribution in [3.05, 3.63) is 89.2 Å². The van der Waals surface area contributed by atoms with Crippen LogP contribution in [0.25, 0.3) is 11.1 Å². The summed E-state index contributed by atoms with van der Waals surface area (Å²) in [5.41, 5.74) is 6.07. The van der Waals surface area contributed by atoms with Gasteiger partial charge >= 0.3 is 0 Å². The Kier molecular flexibility index (Phi) is 4.94. The SMILES string of the molecule is Cc1ccc(C)c(-c2cncc(C(=O)NC(C)c3ccccc3)c2)c1. The van der Waals surface area contributed by atoms with Crippen molar-refractivity contribution in [2.75, 3.05) is 0 Å². The number of aromatic nitrogens is 1. The minimum Gasteiger partial charge on any atom is -0.345 e. The summed E-state index contributed by atoms with van der Waals surface area (Å²) in [4.78, 5) is 16.9. The van der Waals surface area contributed by atoms with E-state index in [1.54, 1.807) is 12.4 Å². The Morgan fingerprint density at radius 1 is 1.00 bits per heavy atom. The van der Waals surface area contributed by atoms with Gasteiger partial charge in [0.25, 0.3) is 5.91 Å². The monoisotopic (exact) mass is 330 g/mol. The first-order valence-corrected chi connectivity index (χ1v) is 8.43. The summed E-state index contributed by atoms with van der Waals surface area (Å²) in [5, 5.41) is 3.04. The van der Waals surface area contributed by atoms with Gasteiger partial charge in [0, 0.05) is 18.0 Å². The highest BCUT2D eigenvalue weighted by molar-refractivity contribution is 5.95. The van der Waals surface area contributed by atoms with Crippen molar-refractivity contribution >= 4 is 5.91 Å². The van der Waals surface area contributed by atoms with Crippen molar-refractivity contribution in [3.8, 4) is 11.1 Å². The van der Waals surface area contributed by atoms with E-state index in [4.69, 9.17) is 0 Å². The van der Waals surface area contributed by atoms with Crippen LogP contribution in [0.15, 0.2) is 67.0 Å². The quantitative estimate of drug-likeness (QED) is 0.742. The lowest BCUT2D eigenvalue weighted by Crippen LogP contribution is -2.26. The summed E-state index contributed by atoms with van der Waals surface area (Å²) >= 11 is 0.